The summed E-state index contributed by atoms with van der Waals surface area (Å²) in [5, 5.41) is 0. The Labute approximate surface area is 73.0 Å². The van der Waals surface area contributed by atoms with E-state index in [-0.39, 0.29) is 22.3 Å². The number of alkyl halides is 4. The first-order valence-corrected chi connectivity index (χ1v) is 2.57. The van der Waals surface area contributed by atoms with Gasteiger partial charge in [0.2, 0.25) is 5.67 Å². The molecule has 0 N–H and O–H groups in total. The molecule has 12 heavy (non-hydrogen) atoms. The minimum Gasteiger partial charge on any atom is -0.234 e. The standard InChI is InChI=1S/C5H8F4.3CH4/c1-3-4(2,6)5(7,8)9;;;/h3H2,1-2H3;3*1H4. The average molecular weight is 192 g/mol. The van der Waals surface area contributed by atoms with Crippen molar-refractivity contribution in [2.45, 2.75) is 54.4 Å². The molecule has 0 aromatic heterocycles. The predicted molar refractivity (Wildman–Crippen MR) is 46.1 cm³/mol. The van der Waals surface area contributed by atoms with E-state index >= 15 is 0 Å². The summed E-state index contributed by atoms with van der Waals surface area (Å²) in [5.74, 6) is 0. The van der Waals surface area contributed by atoms with E-state index in [1.165, 1.54) is 0 Å². The van der Waals surface area contributed by atoms with E-state index in [1.54, 1.807) is 0 Å². The Morgan fingerprint density at radius 1 is 0.917 bits per heavy atom. The van der Waals surface area contributed by atoms with E-state index in [0.717, 1.165) is 6.92 Å². The van der Waals surface area contributed by atoms with Gasteiger partial charge in [-0.25, -0.2) is 4.39 Å². The highest BCUT2D eigenvalue weighted by Gasteiger charge is 2.50. The van der Waals surface area contributed by atoms with Crippen molar-refractivity contribution in [1.29, 1.82) is 0 Å². The lowest BCUT2D eigenvalue weighted by molar-refractivity contribution is -0.224. The first kappa shape index (κ1) is 22.6. The molecule has 0 saturated carbocycles. The summed E-state index contributed by atoms with van der Waals surface area (Å²) >= 11 is 0. The molecule has 0 spiro atoms. The molecular weight excluding hydrogens is 172 g/mol. The van der Waals surface area contributed by atoms with Crippen LogP contribution in [0.4, 0.5) is 17.6 Å². The molecule has 4 heteroatoms. The number of hydrogen-bond donors (Lipinski definition) is 0. The van der Waals surface area contributed by atoms with Crippen molar-refractivity contribution < 1.29 is 17.6 Å². The van der Waals surface area contributed by atoms with Gasteiger partial charge in [0.1, 0.15) is 0 Å². The molecule has 0 rings (SSSR count). The van der Waals surface area contributed by atoms with Gasteiger partial charge >= 0.3 is 6.18 Å². The highest BCUT2D eigenvalue weighted by molar-refractivity contribution is 4.79. The van der Waals surface area contributed by atoms with Gasteiger partial charge in [0.15, 0.2) is 0 Å². The van der Waals surface area contributed by atoms with Crippen LogP contribution in [-0.2, 0) is 0 Å². The first-order valence-electron chi connectivity index (χ1n) is 2.57. The zero-order valence-electron chi connectivity index (χ0n) is 5.22. The van der Waals surface area contributed by atoms with Crippen LogP contribution in [-0.4, -0.2) is 11.8 Å². The Bertz CT molecular complexity index is 93.7. The Balaban J connectivity index is -0.000000107. The van der Waals surface area contributed by atoms with Gasteiger partial charge in [-0.3, -0.25) is 0 Å². The summed E-state index contributed by atoms with van der Waals surface area (Å²) < 4.78 is 46.6. The summed E-state index contributed by atoms with van der Waals surface area (Å²) in [6, 6.07) is 0. The maximum absolute atomic E-state index is 12.2. The summed E-state index contributed by atoms with van der Waals surface area (Å²) in [7, 11) is 0. The molecule has 0 amide bonds. The average Bonchev–Trinajstić information content (AvgIpc) is 1.64. The van der Waals surface area contributed by atoms with E-state index in [4.69, 9.17) is 0 Å². The lowest BCUT2D eigenvalue weighted by atomic mass is 10.1. The SMILES string of the molecule is C.C.C.CCC(C)(F)C(F)(F)F. The third-order valence-electron chi connectivity index (χ3n) is 1.26. The molecule has 0 radical (unpaired) electrons. The fraction of sp³-hybridized carbons (Fsp3) is 1.00. The zero-order chi connectivity index (χ0) is 7.71. The normalized spacial score (nSPS) is 14.5. The second-order valence-electron chi connectivity index (χ2n) is 2.05. The lowest BCUT2D eigenvalue weighted by Gasteiger charge is -2.20. The first-order chi connectivity index (χ1) is 3.81. The lowest BCUT2D eigenvalue weighted by Crippen LogP contribution is -2.36. The quantitative estimate of drug-likeness (QED) is 0.533. The van der Waals surface area contributed by atoms with Gasteiger partial charge in [0.05, 0.1) is 0 Å². The van der Waals surface area contributed by atoms with Crippen LogP contribution in [0.15, 0.2) is 0 Å². The topological polar surface area (TPSA) is 0 Å². The van der Waals surface area contributed by atoms with Crippen LogP contribution in [0.1, 0.15) is 42.5 Å². The Kier molecular flexibility index (Phi) is 11.8. The Morgan fingerprint density at radius 3 is 1.17 bits per heavy atom. The molecule has 1 unspecified atom stereocenters. The van der Waals surface area contributed by atoms with Gasteiger partial charge in [-0.1, -0.05) is 29.2 Å². The second kappa shape index (κ2) is 6.26. The fourth-order valence-corrected chi connectivity index (χ4v) is 0.200. The zero-order valence-corrected chi connectivity index (χ0v) is 5.22. The van der Waals surface area contributed by atoms with E-state index in [0.29, 0.717) is 6.92 Å². The van der Waals surface area contributed by atoms with Gasteiger partial charge in [0, 0.05) is 0 Å². The van der Waals surface area contributed by atoms with Crippen molar-refractivity contribution in [1.82, 2.24) is 0 Å². The summed E-state index contributed by atoms with van der Waals surface area (Å²) in [5.41, 5.74) is -3.02. The highest BCUT2D eigenvalue weighted by Crippen LogP contribution is 2.35. The van der Waals surface area contributed by atoms with Crippen molar-refractivity contribution in [3.63, 3.8) is 0 Å². The molecule has 0 aliphatic carbocycles. The molecule has 0 aromatic carbocycles. The van der Waals surface area contributed by atoms with Gasteiger partial charge < -0.3 is 0 Å². The Hall–Kier alpha value is -0.280. The van der Waals surface area contributed by atoms with Crippen molar-refractivity contribution in [2.75, 3.05) is 0 Å². The smallest absolute Gasteiger partial charge is 0.234 e. The second-order valence-corrected chi connectivity index (χ2v) is 2.05. The van der Waals surface area contributed by atoms with Crippen LogP contribution in [0.25, 0.3) is 0 Å². The maximum Gasteiger partial charge on any atom is 0.422 e. The maximum atomic E-state index is 12.2. The van der Waals surface area contributed by atoms with Crippen LogP contribution < -0.4 is 0 Å². The molecule has 0 bridgehead atoms. The van der Waals surface area contributed by atoms with Crippen LogP contribution in [0.2, 0.25) is 0 Å². The van der Waals surface area contributed by atoms with Gasteiger partial charge in [-0.2, -0.15) is 13.2 Å². The minimum absolute atomic E-state index is 0. The van der Waals surface area contributed by atoms with E-state index in [1.807, 2.05) is 0 Å². The van der Waals surface area contributed by atoms with E-state index < -0.39 is 18.3 Å². The summed E-state index contributed by atoms with van der Waals surface area (Å²) in [6.45, 7) is 1.69. The van der Waals surface area contributed by atoms with Crippen molar-refractivity contribution in [3.05, 3.63) is 0 Å². The van der Waals surface area contributed by atoms with Crippen molar-refractivity contribution in [2.24, 2.45) is 0 Å². The monoisotopic (exact) mass is 192 g/mol. The molecular formula is C8H20F4. The molecule has 0 aromatic rings. The molecule has 0 heterocycles. The molecule has 80 valence electrons. The highest BCUT2D eigenvalue weighted by atomic mass is 19.4. The van der Waals surface area contributed by atoms with Gasteiger partial charge in [-0.15, -0.1) is 0 Å². The molecule has 0 fully saturated rings. The van der Waals surface area contributed by atoms with Crippen molar-refractivity contribution >= 4 is 0 Å². The van der Waals surface area contributed by atoms with Crippen LogP contribution in [0, 0.1) is 0 Å². The number of halogens is 4. The molecule has 0 nitrogen and oxygen atoms in total. The molecule has 0 aliphatic rings. The van der Waals surface area contributed by atoms with Crippen LogP contribution in [0.3, 0.4) is 0 Å². The molecule has 0 aliphatic heterocycles. The number of rotatable bonds is 1. The Morgan fingerprint density at radius 2 is 1.17 bits per heavy atom. The van der Waals surface area contributed by atoms with Gasteiger partial charge in [-0.05, 0) is 13.3 Å². The van der Waals surface area contributed by atoms with Crippen LogP contribution >= 0.6 is 0 Å². The van der Waals surface area contributed by atoms with E-state index in [9.17, 15) is 17.6 Å². The third-order valence-corrected chi connectivity index (χ3v) is 1.26. The molecule has 1 atom stereocenters. The fourth-order valence-electron chi connectivity index (χ4n) is 0.200. The van der Waals surface area contributed by atoms with Crippen molar-refractivity contribution in [3.8, 4) is 0 Å². The van der Waals surface area contributed by atoms with E-state index in [2.05, 4.69) is 0 Å². The third kappa shape index (κ3) is 5.38. The number of hydrogen-bond acceptors (Lipinski definition) is 0. The minimum atomic E-state index is -4.72. The largest absolute Gasteiger partial charge is 0.422 e. The summed E-state index contributed by atoms with van der Waals surface area (Å²) in [6.07, 6.45) is -5.25. The summed E-state index contributed by atoms with van der Waals surface area (Å²) in [4.78, 5) is 0. The van der Waals surface area contributed by atoms with Crippen LogP contribution in [0.5, 0.6) is 0 Å². The predicted octanol–water partition coefficient (Wildman–Crippen LogP) is 4.60. The molecule has 0 saturated heterocycles. The van der Waals surface area contributed by atoms with Gasteiger partial charge in [0.25, 0.3) is 0 Å².